The van der Waals surface area contributed by atoms with Gasteiger partial charge in [0.2, 0.25) is 0 Å². The molecular weight excluding hydrogens is 324 g/mol. The number of hydrogen-bond acceptors (Lipinski definition) is 5. The zero-order valence-corrected chi connectivity index (χ0v) is 13.5. The van der Waals surface area contributed by atoms with Gasteiger partial charge >= 0.3 is 5.97 Å². The molecule has 0 unspecified atom stereocenters. The van der Waals surface area contributed by atoms with Gasteiger partial charge < -0.3 is 9.84 Å². The van der Waals surface area contributed by atoms with Crippen LogP contribution in [0.1, 0.15) is 15.2 Å². The highest BCUT2D eigenvalue weighted by molar-refractivity contribution is 7.08. The molecule has 0 saturated carbocycles. The Balaban J connectivity index is 2.01. The van der Waals surface area contributed by atoms with E-state index in [1.165, 1.54) is 6.07 Å². The zero-order chi connectivity index (χ0) is 17.1. The normalized spacial score (nSPS) is 10.2. The van der Waals surface area contributed by atoms with Crippen LogP contribution in [-0.4, -0.2) is 22.6 Å². The van der Waals surface area contributed by atoms with Crippen LogP contribution in [0.3, 0.4) is 0 Å². The van der Waals surface area contributed by atoms with E-state index in [2.05, 4.69) is 10.4 Å². The first kappa shape index (κ1) is 15.7. The number of aromatic carboxylic acids is 1. The summed E-state index contributed by atoms with van der Waals surface area (Å²) in [6, 6.07) is 16.6. The van der Waals surface area contributed by atoms with Crippen molar-refractivity contribution < 1.29 is 14.6 Å². The molecule has 0 radical (unpaired) electrons. The van der Waals surface area contributed by atoms with Gasteiger partial charge in [-0.15, -0.1) is 0 Å². The van der Waals surface area contributed by atoms with Crippen LogP contribution < -0.4 is 4.74 Å². The molecule has 0 saturated heterocycles. The fourth-order valence-corrected chi connectivity index (χ4v) is 2.93. The molecule has 3 aromatic rings. The summed E-state index contributed by atoms with van der Waals surface area (Å²) in [5, 5.41) is 18.4. The molecule has 2 aromatic carbocycles. The third kappa shape index (κ3) is 2.98. The van der Waals surface area contributed by atoms with Gasteiger partial charge in [-0.05, 0) is 46.9 Å². The molecule has 24 heavy (non-hydrogen) atoms. The first-order valence-corrected chi connectivity index (χ1v) is 7.78. The first-order chi connectivity index (χ1) is 11.6. The van der Waals surface area contributed by atoms with E-state index < -0.39 is 5.97 Å². The zero-order valence-electron chi connectivity index (χ0n) is 12.7. The number of carbonyl (C=O) groups is 1. The van der Waals surface area contributed by atoms with Gasteiger partial charge in [-0.1, -0.05) is 24.3 Å². The Morgan fingerprint density at radius 1 is 1.17 bits per heavy atom. The fourth-order valence-electron chi connectivity index (χ4n) is 2.33. The summed E-state index contributed by atoms with van der Waals surface area (Å²) in [6.45, 7) is 0. The number of nitrogens with zero attached hydrogens (tertiary/aromatic N) is 2. The largest absolute Gasteiger partial charge is 0.497 e. The van der Waals surface area contributed by atoms with E-state index >= 15 is 0 Å². The van der Waals surface area contributed by atoms with Crippen LogP contribution in [0.2, 0.25) is 0 Å². The predicted octanol–water partition coefficient (Wildman–Crippen LogP) is 4.06. The lowest BCUT2D eigenvalue weighted by Gasteiger charge is -2.07. The van der Waals surface area contributed by atoms with E-state index in [1.807, 2.05) is 36.4 Å². The Kier molecular flexibility index (Phi) is 4.27. The molecule has 0 aliphatic carbocycles. The number of rotatable bonds is 4. The molecule has 0 amide bonds. The second kappa shape index (κ2) is 6.52. The molecular formula is C18H12N2O3S. The van der Waals surface area contributed by atoms with E-state index in [0.717, 1.165) is 28.4 Å². The molecule has 3 rings (SSSR count). The second-order valence-corrected chi connectivity index (χ2v) is 5.79. The quantitative estimate of drug-likeness (QED) is 0.777. The number of hydrogen-bond donors (Lipinski definition) is 1. The van der Waals surface area contributed by atoms with Crippen molar-refractivity contribution in [3.8, 4) is 34.2 Å². The minimum atomic E-state index is -1.01. The van der Waals surface area contributed by atoms with Gasteiger partial charge in [0.25, 0.3) is 0 Å². The maximum atomic E-state index is 11.0. The highest BCUT2D eigenvalue weighted by atomic mass is 32.1. The predicted molar refractivity (Wildman–Crippen MR) is 91.2 cm³/mol. The van der Waals surface area contributed by atoms with Crippen LogP contribution in [0.4, 0.5) is 0 Å². The lowest BCUT2D eigenvalue weighted by Crippen LogP contribution is -1.90. The minimum Gasteiger partial charge on any atom is -0.497 e. The molecule has 118 valence electrons. The smallest absolute Gasteiger partial charge is 0.347 e. The molecule has 0 aliphatic rings. The molecule has 0 fully saturated rings. The Morgan fingerprint density at radius 3 is 2.46 bits per heavy atom. The standard InChI is InChI=1S/C18H12N2O3S/c1-23-14-5-2-11(3-6-14)15-7-4-12(8-13(15)10-19)16-9-17(18(21)22)24-20-16/h2-9H,1H3,(H,21,22). The molecule has 1 heterocycles. The van der Waals surface area contributed by atoms with E-state index in [4.69, 9.17) is 9.84 Å². The van der Waals surface area contributed by atoms with Gasteiger partial charge in [0.1, 0.15) is 10.6 Å². The number of aromatic nitrogens is 1. The SMILES string of the molecule is COc1ccc(-c2ccc(-c3cc(C(=O)O)sn3)cc2C#N)cc1. The van der Waals surface area contributed by atoms with Crippen molar-refractivity contribution in [2.75, 3.05) is 7.11 Å². The van der Waals surface area contributed by atoms with Crippen molar-refractivity contribution in [3.05, 3.63) is 59.0 Å². The van der Waals surface area contributed by atoms with E-state index in [9.17, 15) is 10.1 Å². The van der Waals surface area contributed by atoms with Gasteiger partial charge in [-0.25, -0.2) is 4.79 Å². The minimum absolute atomic E-state index is 0.169. The van der Waals surface area contributed by atoms with Crippen LogP contribution in [-0.2, 0) is 0 Å². The van der Waals surface area contributed by atoms with Crippen molar-refractivity contribution in [1.29, 1.82) is 5.26 Å². The molecule has 5 nitrogen and oxygen atoms in total. The number of methoxy groups -OCH3 is 1. The average Bonchev–Trinajstić information content (AvgIpc) is 3.12. The summed E-state index contributed by atoms with van der Waals surface area (Å²) < 4.78 is 9.28. The van der Waals surface area contributed by atoms with E-state index in [1.54, 1.807) is 13.2 Å². The average molecular weight is 336 g/mol. The summed E-state index contributed by atoms with van der Waals surface area (Å²) in [6.07, 6.45) is 0. The molecule has 0 atom stereocenters. The molecule has 0 bridgehead atoms. The Bertz CT molecular complexity index is 940. The lowest BCUT2D eigenvalue weighted by atomic mass is 9.97. The van der Waals surface area contributed by atoms with Crippen LogP contribution >= 0.6 is 11.5 Å². The van der Waals surface area contributed by atoms with E-state index in [-0.39, 0.29) is 4.88 Å². The highest BCUT2D eigenvalue weighted by Gasteiger charge is 2.12. The Labute approximate surface area is 142 Å². The number of nitriles is 1. The van der Waals surface area contributed by atoms with Crippen LogP contribution in [0, 0.1) is 11.3 Å². The first-order valence-electron chi connectivity index (χ1n) is 7.01. The monoisotopic (exact) mass is 336 g/mol. The van der Waals surface area contributed by atoms with Gasteiger partial charge in [-0.3, -0.25) is 0 Å². The van der Waals surface area contributed by atoms with Crippen molar-refractivity contribution >= 4 is 17.5 Å². The molecule has 6 heteroatoms. The number of carboxylic acids is 1. The van der Waals surface area contributed by atoms with Crippen LogP contribution in [0.25, 0.3) is 22.4 Å². The molecule has 0 aliphatic heterocycles. The number of ether oxygens (including phenoxy) is 1. The third-order valence-corrected chi connectivity index (χ3v) is 4.33. The highest BCUT2D eigenvalue weighted by Crippen LogP contribution is 2.30. The van der Waals surface area contributed by atoms with Crippen molar-refractivity contribution in [1.82, 2.24) is 4.37 Å². The Morgan fingerprint density at radius 2 is 1.88 bits per heavy atom. The number of carboxylic acid groups (broad SMARTS) is 1. The summed E-state index contributed by atoms with van der Waals surface area (Å²) >= 11 is 0.924. The van der Waals surface area contributed by atoms with Gasteiger partial charge in [0.15, 0.2) is 0 Å². The van der Waals surface area contributed by atoms with Crippen LogP contribution in [0.15, 0.2) is 48.5 Å². The second-order valence-electron chi connectivity index (χ2n) is 4.98. The van der Waals surface area contributed by atoms with Gasteiger partial charge in [-0.2, -0.15) is 9.64 Å². The third-order valence-electron chi connectivity index (χ3n) is 3.56. The van der Waals surface area contributed by atoms with Crippen molar-refractivity contribution in [3.63, 3.8) is 0 Å². The Hall–Kier alpha value is -3.17. The van der Waals surface area contributed by atoms with Crippen molar-refractivity contribution in [2.45, 2.75) is 0 Å². The molecule has 1 aromatic heterocycles. The van der Waals surface area contributed by atoms with Crippen molar-refractivity contribution in [2.24, 2.45) is 0 Å². The maximum absolute atomic E-state index is 11.0. The number of benzene rings is 2. The lowest BCUT2D eigenvalue weighted by molar-refractivity contribution is 0.0702. The summed E-state index contributed by atoms with van der Waals surface area (Å²) in [5.41, 5.74) is 3.48. The summed E-state index contributed by atoms with van der Waals surface area (Å²) in [7, 11) is 1.60. The molecule has 1 N–H and O–H groups in total. The maximum Gasteiger partial charge on any atom is 0.347 e. The van der Waals surface area contributed by atoms with Crippen LogP contribution in [0.5, 0.6) is 5.75 Å². The topological polar surface area (TPSA) is 83.2 Å². The summed E-state index contributed by atoms with van der Waals surface area (Å²) in [4.78, 5) is 11.1. The van der Waals surface area contributed by atoms with E-state index in [0.29, 0.717) is 16.8 Å². The van der Waals surface area contributed by atoms with Gasteiger partial charge in [0, 0.05) is 5.56 Å². The molecule has 0 spiro atoms. The fraction of sp³-hybridized carbons (Fsp3) is 0.0556. The summed E-state index contributed by atoms with van der Waals surface area (Å²) in [5.74, 6) is -0.258. The van der Waals surface area contributed by atoms with Gasteiger partial charge in [0.05, 0.1) is 24.4 Å².